The molecule has 0 atom stereocenters. The van der Waals surface area contributed by atoms with Gasteiger partial charge in [0.1, 0.15) is 12.1 Å². The van der Waals surface area contributed by atoms with Crippen molar-refractivity contribution in [2.24, 2.45) is 0 Å². The van der Waals surface area contributed by atoms with Crippen LogP contribution in [0.25, 0.3) is 21.8 Å². The summed E-state index contributed by atoms with van der Waals surface area (Å²) < 4.78 is 1.66. The summed E-state index contributed by atoms with van der Waals surface area (Å²) >= 11 is 0. The molecule has 1 aromatic heterocycles. The van der Waals surface area contributed by atoms with Gasteiger partial charge in [-0.1, -0.05) is 53.7 Å². The van der Waals surface area contributed by atoms with Gasteiger partial charge in [-0.05, 0) is 30.5 Å². The van der Waals surface area contributed by atoms with E-state index in [1.165, 1.54) is 0 Å². The van der Waals surface area contributed by atoms with Crippen molar-refractivity contribution in [3.63, 3.8) is 0 Å². The van der Waals surface area contributed by atoms with Crippen LogP contribution in [0.5, 0.6) is 0 Å². The Morgan fingerprint density at radius 2 is 1.76 bits per heavy atom. The zero-order valence-electron chi connectivity index (χ0n) is 14.0. The Balaban J connectivity index is 1.69. The van der Waals surface area contributed by atoms with E-state index in [1.54, 1.807) is 9.58 Å². The number of benzene rings is 3. The summed E-state index contributed by atoms with van der Waals surface area (Å²) in [6.07, 6.45) is 0. The summed E-state index contributed by atoms with van der Waals surface area (Å²) in [4.78, 5) is 14.8. The van der Waals surface area contributed by atoms with Gasteiger partial charge in [-0.15, -0.1) is 5.10 Å². The first-order valence-electron chi connectivity index (χ1n) is 8.34. The maximum Gasteiger partial charge on any atom is 0.248 e. The predicted octanol–water partition coefficient (Wildman–Crippen LogP) is 3.64. The summed E-state index contributed by atoms with van der Waals surface area (Å²) in [6, 6.07) is 21.8. The minimum absolute atomic E-state index is 0.00509. The fourth-order valence-electron chi connectivity index (χ4n) is 3.17. The highest BCUT2D eigenvalue weighted by molar-refractivity contribution is 6.03. The van der Waals surface area contributed by atoms with E-state index < -0.39 is 0 Å². The molecule has 25 heavy (non-hydrogen) atoms. The average Bonchev–Trinajstić information content (AvgIpc) is 3.06. The normalized spacial score (nSPS) is 11.1. The molecule has 4 rings (SSSR count). The third-order valence-electron chi connectivity index (χ3n) is 4.38. The van der Waals surface area contributed by atoms with Crippen LogP contribution in [0.3, 0.4) is 0 Å². The number of carbonyl (C=O) groups excluding carboxylic acids is 1. The number of para-hydroxylation sites is 1. The Bertz CT molecular complexity index is 1050. The van der Waals surface area contributed by atoms with Crippen molar-refractivity contribution >= 4 is 33.4 Å². The topological polar surface area (TPSA) is 51.0 Å². The number of anilines is 1. The number of hydrogen-bond donors (Lipinski definition) is 0. The van der Waals surface area contributed by atoms with Gasteiger partial charge in [-0.3, -0.25) is 4.79 Å². The molecule has 0 unspecified atom stereocenters. The largest absolute Gasteiger partial charge is 0.310 e. The Morgan fingerprint density at radius 1 is 1.00 bits per heavy atom. The predicted molar refractivity (Wildman–Crippen MR) is 99.5 cm³/mol. The number of amides is 1. The van der Waals surface area contributed by atoms with Crippen molar-refractivity contribution in [1.82, 2.24) is 15.0 Å². The average molecular weight is 330 g/mol. The molecule has 0 N–H and O–H groups in total. The van der Waals surface area contributed by atoms with Gasteiger partial charge in [0.2, 0.25) is 5.91 Å². The third-order valence-corrected chi connectivity index (χ3v) is 4.38. The first-order chi connectivity index (χ1) is 12.3. The molecule has 0 saturated heterocycles. The SMILES string of the molecule is CCN(C(=O)Cn1nnc2ccccc21)c1cccc2ccccc12. The second-order valence-electron chi connectivity index (χ2n) is 5.87. The molecule has 4 aromatic rings. The Kier molecular flexibility index (Phi) is 3.90. The van der Waals surface area contributed by atoms with E-state index in [4.69, 9.17) is 0 Å². The second kappa shape index (κ2) is 6.36. The van der Waals surface area contributed by atoms with E-state index in [0.717, 1.165) is 27.5 Å². The van der Waals surface area contributed by atoms with Gasteiger partial charge in [0, 0.05) is 11.9 Å². The van der Waals surface area contributed by atoms with E-state index in [2.05, 4.69) is 22.4 Å². The highest BCUT2D eigenvalue weighted by Crippen LogP contribution is 2.27. The number of carbonyl (C=O) groups is 1. The van der Waals surface area contributed by atoms with Crippen LogP contribution in [0.2, 0.25) is 0 Å². The molecule has 0 spiro atoms. The van der Waals surface area contributed by atoms with Gasteiger partial charge in [-0.25, -0.2) is 4.68 Å². The van der Waals surface area contributed by atoms with E-state index in [-0.39, 0.29) is 12.5 Å². The molecule has 0 fully saturated rings. The molecule has 0 saturated carbocycles. The van der Waals surface area contributed by atoms with Gasteiger partial charge >= 0.3 is 0 Å². The Hall–Kier alpha value is -3.21. The highest BCUT2D eigenvalue weighted by atomic mass is 16.2. The fourth-order valence-corrected chi connectivity index (χ4v) is 3.17. The van der Waals surface area contributed by atoms with Crippen LogP contribution in [-0.2, 0) is 11.3 Å². The van der Waals surface area contributed by atoms with Crippen LogP contribution in [0.15, 0.2) is 66.7 Å². The van der Waals surface area contributed by atoms with Gasteiger partial charge in [0.05, 0.1) is 11.2 Å². The zero-order valence-corrected chi connectivity index (χ0v) is 14.0. The molecule has 0 aliphatic rings. The maximum absolute atomic E-state index is 13.0. The summed E-state index contributed by atoms with van der Waals surface area (Å²) in [5, 5.41) is 10.4. The van der Waals surface area contributed by atoms with Crippen molar-refractivity contribution in [3.8, 4) is 0 Å². The van der Waals surface area contributed by atoms with Gasteiger partial charge in [0.25, 0.3) is 0 Å². The number of hydrogen-bond acceptors (Lipinski definition) is 3. The number of likely N-dealkylation sites (N-methyl/N-ethyl adjacent to an activating group) is 1. The minimum Gasteiger partial charge on any atom is -0.310 e. The van der Waals surface area contributed by atoms with E-state index in [0.29, 0.717) is 6.54 Å². The first kappa shape index (κ1) is 15.3. The molecule has 3 aromatic carbocycles. The van der Waals surface area contributed by atoms with Gasteiger partial charge in [0.15, 0.2) is 0 Å². The lowest BCUT2D eigenvalue weighted by molar-refractivity contribution is -0.119. The van der Waals surface area contributed by atoms with E-state index in [9.17, 15) is 4.79 Å². The molecule has 5 nitrogen and oxygen atoms in total. The molecule has 124 valence electrons. The lowest BCUT2D eigenvalue weighted by atomic mass is 10.1. The molecule has 1 amide bonds. The standard InChI is InChI=1S/C20H18N4O/c1-2-23(18-13-7-9-15-8-3-4-10-16(15)18)20(25)14-24-19-12-6-5-11-17(19)21-22-24/h3-13H,2,14H2,1H3. The molecule has 0 radical (unpaired) electrons. The van der Waals surface area contributed by atoms with Crippen LogP contribution >= 0.6 is 0 Å². The smallest absolute Gasteiger partial charge is 0.248 e. The summed E-state index contributed by atoms with van der Waals surface area (Å²) in [5.74, 6) is -0.00509. The highest BCUT2D eigenvalue weighted by Gasteiger charge is 2.18. The van der Waals surface area contributed by atoms with Crippen molar-refractivity contribution in [1.29, 1.82) is 0 Å². The first-order valence-corrected chi connectivity index (χ1v) is 8.34. The zero-order chi connectivity index (χ0) is 17.2. The lowest BCUT2D eigenvalue weighted by Crippen LogP contribution is -2.34. The summed E-state index contributed by atoms with van der Waals surface area (Å²) in [7, 11) is 0. The van der Waals surface area contributed by atoms with Crippen molar-refractivity contribution in [2.75, 3.05) is 11.4 Å². The molecule has 0 bridgehead atoms. The van der Waals surface area contributed by atoms with E-state index >= 15 is 0 Å². The minimum atomic E-state index is -0.00509. The quantitative estimate of drug-likeness (QED) is 0.574. The monoisotopic (exact) mass is 330 g/mol. The van der Waals surface area contributed by atoms with E-state index in [1.807, 2.05) is 61.5 Å². The third kappa shape index (κ3) is 2.74. The molecule has 1 heterocycles. The van der Waals surface area contributed by atoms with Crippen molar-refractivity contribution < 1.29 is 4.79 Å². The van der Waals surface area contributed by atoms with Crippen molar-refractivity contribution in [3.05, 3.63) is 66.7 Å². The summed E-state index contributed by atoms with van der Waals surface area (Å²) in [5.41, 5.74) is 2.59. The van der Waals surface area contributed by atoms with Crippen LogP contribution < -0.4 is 4.90 Å². The van der Waals surface area contributed by atoms with Gasteiger partial charge in [-0.2, -0.15) is 0 Å². The van der Waals surface area contributed by atoms with Crippen LogP contribution in [0, 0.1) is 0 Å². The van der Waals surface area contributed by atoms with Crippen LogP contribution in [-0.4, -0.2) is 27.4 Å². The number of aromatic nitrogens is 3. The second-order valence-corrected chi connectivity index (χ2v) is 5.87. The van der Waals surface area contributed by atoms with Gasteiger partial charge < -0.3 is 4.90 Å². The molecular formula is C20H18N4O. The van der Waals surface area contributed by atoms with Crippen molar-refractivity contribution in [2.45, 2.75) is 13.5 Å². The Labute approximate surface area is 145 Å². The summed E-state index contributed by atoms with van der Waals surface area (Å²) in [6.45, 7) is 2.75. The maximum atomic E-state index is 13.0. The fraction of sp³-hybridized carbons (Fsp3) is 0.150. The number of rotatable bonds is 4. The molecule has 0 aliphatic heterocycles. The lowest BCUT2D eigenvalue weighted by Gasteiger charge is -2.22. The molecular weight excluding hydrogens is 312 g/mol. The number of nitrogens with zero attached hydrogens (tertiary/aromatic N) is 4. The van der Waals surface area contributed by atoms with Crippen LogP contribution in [0.1, 0.15) is 6.92 Å². The van der Waals surface area contributed by atoms with Crippen LogP contribution in [0.4, 0.5) is 5.69 Å². The Morgan fingerprint density at radius 3 is 2.64 bits per heavy atom. The molecule has 0 aliphatic carbocycles. The number of fused-ring (bicyclic) bond motifs is 2. The molecule has 5 heteroatoms.